The van der Waals surface area contributed by atoms with Crippen LogP contribution in [-0.4, -0.2) is 10.2 Å². The fourth-order valence-corrected chi connectivity index (χ4v) is 1.10. The fraction of sp³-hybridized carbons (Fsp3) is 0.556. The van der Waals surface area contributed by atoms with Crippen LogP contribution >= 0.6 is 0 Å². The number of rotatable bonds is 4. The molecule has 12 heavy (non-hydrogen) atoms. The van der Waals surface area contributed by atoms with Crippen LogP contribution in [0, 0.1) is 0 Å². The number of aryl methyl sites for hydroxylation is 1. The minimum Gasteiger partial charge on any atom is -0.288 e. The van der Waals surface area contributed by atoms with Crippen LogP contribution in [0.3, 0.4) is 0 Å². The van der Waals surface area contributed by atoms with Gasteiger partial charge in [0, 0.05) is 12.3 Å². The second-order valence-electron chi connectivity index (χ2n) is 2.84. The molecule has 3 nitrogen and oxygen atoms in total. The van der Waals surface area contributed by atoms with Crippen molar-refractivity contribution in [3.05, 3.63) is 28.2 Å². The number of hydrogen-bond donors (Lipinski definition) is 1. The lowest BCUT2D eigenvalue weighted by Crippen LogP contribution is -2.10. The molecule has 0 unspecified atom stereocenters. The van der Waals surface area contributed by atoms with Crippen LogP contribution in [0.1, 0.15) is 31.9 Å². The number of H-pyrrole nitrogens is 1. The van der Waals surface area contributed by atoms with Crippen molar-refractivity contribution in [3.8, 4) is 0 Å². The molecule has 0 saturated carbocycles. The first kappa shape index (κ1) is 8.97. The van der Waals surface area contributed by atoms with Crippen LogP contribution in [0.2, 0.25) is 0 Å². The third kappa shape index (κ3) is 2.49. The van der Waals surface area contributed by atoms with E-state index in [1.54, 1.807) is 6.20 Å². The van der Waals surface area contributed by atoms with Gasteiger partial charge in [-0.25, -0.2) is 0 Å². The Labute approximate surface area is 71.8 Å². The molecule has 0 bridgehead atoms. The predicted molar refractivity (Wildman–Crippen MR) is 48.1 cm³/mol. The summed E-state index contributed by atoms with van der Waals surface area (Å²) in [5.74, 6) is 0. The van der Waals surface area contributed by atoms with E-state index in [-0.39, 0.29) is 5.43 Å². The van der Waals surface area contributed by atoms with E-state index in [1.807, 2.05) is 0 Å². The lowest BCUT2D eigenvalue weighted by molar-refractivity contribution is 0.695. The Bertz CT molecular complexity index is 280. The summed E-state index contributed by atoms with van der Waals surface area (Å²) < 4.78 is 0. The third-order valence-electron chi connectivity index (χ3n) is 1.81. The maximum absolute atomic E-state index is 11.1. The van der Waals surface area contributed by atoms with Crippen LogP contribution in [0.4, 0.5) is 0 Å². The van der Waals surface area contributed by atoms with Crippen molar-refractivity contribution in [3.63, 3.8) is 0 Å². The lowest BCUT2D eigenvalue weighted by atomic mass is 10.1. The van der Waals surface area contributed by atoms with Gasteiger partial charge in [-0.15, -0.1) is 0 Å². The minimum atomic E-state index is 0.0462. The Morgan fingerprint density at radius 1 is 1.50 bits per heavy atom. The molecule has 0 aromatic carbocycles. The number of hydrogen-bond acceptors (Lipinski definition) is 2. The molecule has 0 saturated heterocycles. The SMILES string of the molecule is CCCCCc1n[nH]ccc1=O. The number of aromatic amines is 1. The van der Waals surface area contributed by atoms with Crippen molar-refractivity contribution in [1.82, 2.24) is 10.2 Å². The Kier molecular flexibility index (Phi) is 3.51. The lowest BCUT2D eigenvalue weighted by Gasteiger charge is -1.96. The molecule has 66 valence electrons. The first-order chi connectivity index (χ1) is 5.84. The predicted octanol–water partition coefficient (Wildman–Crippen LogP) is 1.50. The van der Waals surface area contributed by atoms with Gasteiger partial charge >= 0.3 is 0 Å². The van der Waals surface area contributed by atoms with E-state index in [0.717, 1.165) is 19.3 Å². The molecule has 1 heterocycles. The van der Waals surface area contributed by atoms with E-state index in [2.05, 4.69) is 17.1 Å². The maximum atomic E-state index is 11.1. The molecule has 0 aliphatic heterocycles. The Morgan fingerprint density at radius 2 is 2.33 bits per heavy atom. The number of aromatic nitrogens is 2. The molecule has 0 aliphatic carbocycles. The molecule has 0 fully saturated rings. The van der Waals surface area contributed by atoms with Gasteiger partial charge < -0.3 is 0 Å². The summed E-state index contributed by atoms with van der Waals surface area (Å²) in [4.78, 5) is 11.1. The monoisotopic (exact) mass is 166 g/mol. The highest BCUT2D eigenvalue weighted by Crippen LogP contribution is 1.98. The molecule has 0 spiro atoms. The molecule has 1 N–H and O–H groups in total. The zero-order valence-corrected chi connectivity index (χ0v) is 7.34. The van der Waals surface area contributed by atoms with Gasteiger partial charge in [-0.3, -0.25) is 9.89 Å². The highest BCUT2D eigenvalue weighted by atomic mass is 16.1. The number of nitrogens with zero attached hydrogens (tertiary/aromatic N) is 1. The largest absolute Gasteiger partial charge is 0.288 e. The van der Waals surface area contributed by atoms with Crippen molar-refractivity contribution in [2.75, 3.05) is 0 Å². The standard InChI is InChI=1S/C9H14N2O/c1-2-3-4-5-8-9(12)6-7-10-11-8/h6-7H,2-5H2,1H3,(H,10,12). The summed E-state index contributed by atoms with van der Waals surface area (Å²) in [7, 11) is 0. The van der Waals surface area contributed by atoms with Crippen molar-refractivity contribution in [2.24, 2.45) is 0 Å². The van der Waals surface area contributed by atoms with Crippen molar-refractivity contribution >= 4 is 0 Å². The van der Waals surface area contributed by atoms with E-state index in [1.165, 1.54) is 12.5 Å². The van der Waals surface area contributed by atoms with Gasteiger partial charge in [0.2, 0.25) is 5.43 Å². The normalized spacial score (nSPS) is 10.1. The average molecular weight is 166 g/mol. The van der Waals surface area contributed by atoms with E-state index >= 15 is 0 Å². The summed E-state index contributed by atoms with van der Waals surface area (Å²) in [5.41, 5.74) is 0.704. The first-order valence-electron chi connectivity index (χ1n) is 4.37. The Hall–Kier alpha value is -1.12. The first-order valence-corrected chi connectivity index (χ1v) is 4.37. The van der Waals surface area contributed by atoms with Gasteiger partial charge in [-0.2, -0.15) is 5.10 Å². The maximum Gasteiger partial charge on any atom is 0.203 e. The quantitative estimate of drug-likeness (QED) is 0.689. The summed E-state index contributed by atoms with van der Waals surface area (Å²) in [5, 5.41) is 6.59. The number of unbranched alkanes of at least 4 members (excludes halogenated alkanes) is 2. The van der Waals surface area contributed by atoms with Crippen LogP contribution in [0.5, 0.6) is 0 Å². The third-order valence-corrected chi connectivity index (χ3v) is 1.81. The zero-order chi connectivity index (χ0) is 8.81. The van der Waals surface area contributed by atoms with Gasteiger partial charge in [-0.05, 0) is 12.8 Å². The highest BCUT2D eigenvalue weighted by Gasteiger charge is 1.98. The molecule has 0 atom stereocenters. The molecule has 0 amide bonds. The summed E-state index contributed by atoms with van der Waals surface area (Å²) in [6.45, 7) is 2.14. The van der Waals surface area contributed by atoms with Gasteiger partial charge in [0.05, 0.1) is 0 Å². The smallest absolute Gasteiger partial charge is 0.203 e. The topological polar surface area (TPSA) is 45.8 Å². The summed E-state index contributed by atoms with van der Waals surface area (Å²) >= 11 is 0. The fourth-order valence-electron chi connectivity index (χ4n) is 1.10. The summed E-state index contributed by atoms with van der Waals surface area (Å²) in [6.07, 6.45) is 5.74. The van der Waals surface area contributed by atoms with Crippen molar-refractivity contribution in [2.45, 2.75) is 32.6 Å². The molecular formula is C9H14N2O. The van der Waals surface area contributed by atoms with Crippen LogP contribution in [-0.2, 0) is 6.42 Å². The molecule has 0 aliphatic rings. The van der Waals surface area contributed by atoms with E-state index in [0.29, 0.717) is 5.69 Å². The summed E-state index contributed by atoms with van der Waals surface area (Å²) in [6, 6.07) is 1.52. The number of nitrogens with one attached hydrogen (secondary N) is 1. The zero-order valence-electron chi connectivity index (χ0n) is 7.34. The van der Waals surface area contributed by atoms with Crippen LogP contribution in [0.25, 0.3) is 0 Å². The second-order valence-corrected chi connectivity index (χ2v) is 2.84. The van der Waals surface area contributed by atoms with E-state index in [9.17, 15) is 4.79 Å². The van der Waals surface area contributed by atoms with Gasteiger partial charge in [0.1, 0.15) is 5.69 Å². The van der Waals surface area contributed by atoms with Gasteiger partial charge in [-0.1, -0.05) is 19.8 Å². The minimum absolute atomic E-state index is 0.0462. The molecule has 3 heteroatoms. The molecular weight excluding hydrogens is 152 g/mol. The molecule has 0 radical (unpaired) electrons. The Morgan fingerprint density at radius 3 is 3.00 bits per heavy atom. The van der Waals surface area contributed by atoms with Crippen LogP contribution in [0.15, 0.2) is 17.1 Å². The average Bonchev–Trinajstić information content (AvgIpc) is 2.09. The highest BCUT2D eigenvalue weighted by molar-refractivity contribution is 4.99. The Balaban J connectivity index is 2.52. The van der Waals surface area contributed by atoms with E-state index < -0.39 is 0 Å². The van der Waals surface area contributed by atoms with Crippen molar-refractivity contribution in [1.29, 1.82) is 0 Å². The van der Waals surface area contributed by atoms with Crippen LogP contribution < -0.4 is 5.43 Å². The molecule has 1 aromatic heterocycles. The van der Waals surface area contributed by atoms with Crippen molar-refractivity contribution < 1.29 is 0 Å². The van der Waals surface area contributed by atoms with Gasteiger partial charge in [0.25, 0.3) is 0 Å². The van der Waals surface area contributed by atoms with E-state index in [4.69, 9.17) is 0 Å². The molecule has 1 aromatic rings. The van der Waals surface area contributed by atoms with Gasteiger partial charge in [0.15, 0.2) is 0 Å². The second kappa shape index (κ2) is 4.70. The molecule has 1 rings (SSSR count).